The van der Waals surface area contributed by atoms with Gasteiger partial charge in [0, 0.05) is 44.6 Å². The Morgan fingerprint density at radius 2 is 1.80 bits per heavy atom. The number of aliphatic imine (C=N–C) groups is 1. The van der Waals surface area contributed by atoms with Crippen LogP contribution in [0.1, 0.15) is 30.0 Å². The second kappa shape index (κ2) is 14.8. The van der Waals surface area contributed by atoms with Crippen molar-refractivity contribution in [3.05, 3.63) is 53.2 Å². The number of aromatic nitrogens is 1. The monoisotopic (exact) mass is 528 g/mol. The number of hydrogen-bond acceptors (Lipinski definition) is 5. The van der Waals surface area contributed by atoms with Crippen LogP contribution in [0, 0.1) is 6.92 Å². The summed E-state index contributed by atoms with van der Waals surface area (Å²) in [4.78, 5) is 8.62. The third kappa shape index (κ3) is 8.74. The highest BCUT2D eigenvalue weighted by molar-refractivity contribution is 14.0. The van der Waals surface area contributed by atoms with E-state index < -0.39 is 0 Å². The standard InChI is InChI=1S/C22H32N4O3.HI/c1-5-11-29-21-19(7-6-10-24-21)16-26-22(23-3)25-15-18-9-8-17(2)14-20(18)28-13-12-27-4;/h6-10,14H,5,11-13,15-16H2,1-4H3,(H2,23,25,26);1H. The first kappa shape index (κ1) is 26.0. The highest BCUT2D eigenvalue weighted by atomic mass is 127. The molecule has 0 aliphatic carbocycles. The number of nitrogens with zero attached hydrogens (tertiary/aromatic N) is 2. The van der Waals surface area contributed by atoms with Gasteiger partial charge in [0.15, 0.2) is 5.96 Å². The number of ether oxygens (including phenoxy) is 3. The van der Waals surface area contributed by atoms with Crippen molar-refractivity contribution in [2.24, 2.45) is 4.99 Å². The van der Waals surface area contributed by atoms with Crippen molar-refractivity contribution in [3.8, 4) is 11.6 Å². The van der Waals surface area contributed by atoms with Crippen LogP contribution in [0.25, 0.3) is 0 Å². The minimum absolute atomic E-state index is 0. The molecule has 0 amide bonds. The van der Waals surface area contributed by atoms with E-state index in [1.165, 1.54) is 0 Å². The number of aryl methyl sites for hydroxylation is 1. The molecule has 0 bridgehead atoms. The highest BCUT2D eigenvalue weighted by Gasteiger charge is 2.08. The van der Waals surface area contributed by atoms with Crippen molar-refractivity contribution in [2.45, 2.75) is 33.4 Å². The third-order valence-electron chi connectivity index (χ3n) is 4.18. The molecule has 1 aromatic carbocycles. The van der Waals surface area contributed by atoms with E-state index in [-0.39, 0.29) is 24.0 Å². The molecule has 0 aliphatic rings. The maximum absolute atomic E-state index is 5.86. The van der Waals surface area contributed by atoms with Gasteiger partial charge in [-0.15, -0.1) is 24.0 Å². The number of guanidine groups is 1. The van der Waals surface area contributed by atoms with Gasteiger partial charge in [-0.05, 0) is 31.0 Å². The summed E-state index contributed by atoms with van der Waals surface area (Å²) in [6.45, 7) is 7.00. The summed E-state index contributed by atoms with van der Waals surface area (Å²) in [7, 11) is 3.41. The van der Waals surface area contributed by atoms with Crippen LogP contribution in [0.4, 0.5) is 0 Å². The van der Waals surface area contributed by atoms with Gasteiger partial charge in [-0.2, -0.15) is 0 Å². The first-order valence-corrected chi connectivity index (χ1v) is 9.90. The summed E-state index contributed by atoms with van der Waals surface area (Å²) in [5.74, 6) is 2.20. The van der Waals surface area contributed by atoms with Crippen LogP contribution < -0.4 is 20.1 Å². The molecule has 2 N–H and O–H groups in total. The summed E-state index contributed by atoms with van der Waals surface area (Å²) in [5.41, 5.74) is 3.20. The van der Waals surface area contributed by atoms with Gasteiger partial charge in [-0.1, -0.05) is 25.1 Å². The molecular weight excluding hydrogens is 495 g/mol. The van der Waals surface area contributed by atoms with Crippen LogP contribution in [0.3, 0.4) is 0 Å². The third-order valence-corrected chi connectivity index (χ3v) is 4.18. The number of halogens is 1. The van der Waals surface area contributed by atoms with E-state index in [0.717, 1.165) is 28.9 Å². The number of methoxy groups -OCH3 is 1. The van der Waals surface area contributed by atoms with Gasteiger partial charge >= 0.3 is 0 Å². The molecule has 0 saturated carbocycles. The topological polar surface area (TPSA) is 77.0 Å². The van der Waals surface area contributed by atoms with Gasteiger partial charge in [0.25, 0.3) is 0 Å². The maximum atomic E-state index is 5.86. The van der Waals surface area contributed by atoms with Crippen LogP contribution in [0.2, 0.25) is 0 Å². The van der Waals surface area contributed by atoms with Crippen molar-refractivity contribution in [2.75, 3.05) is 34.0 Å². The molecule has 0 unspecified atom stereocenters. The van der Waals surface area contributed by atoms with Crippen molar-refractivity contribution >= 4 is 29.9 Å². The lowest BCUT2D eigenvalue weighted by atomic mass is 10.1. The normalized spacial score (nSPS) is 10.9. The van der Waals surface area contributed by atoms with Gasteiger partial charge in [0.1, 0.15) is 12.4 Å². The number of hydrogen-bond donors (Lipinski definition) is 2. The summed E-state index contributed by atoms with van der Waals surface area (Å²) in [6.07, 6.45) is 2.68. The molecule has 1 heterocycles. The van der Waals surface area contributed by atoms with Crippen molar-refractivity contribution < 1.29 is 14.2 Å². The molecule has 0 aliphatic heterocycles. The Kier molecular flexibility index (Phi) is 12.8. The largest absolute Gasteiger partial charge is 0.491 e. The zero-order valence-electron chi connectivity index (χ0n) is 18.2. The Morgan fingerprint density at radius 3 is 2.50 bits per heavy atom. The van der Waals surface area contributed by atoms with Crippen LogP contribution in [0.15, 0.2) is 41.5 Å². The Labute approximate surface area is 196 Å². The average Bonchev–Trinajstić information content (AvgIpc) is 2.74. The molecule has 0 atom stereocenters. The highest BCUT2D eigenvalue weighted by Crippen LogP contribution is 2.20. The summed E-state index contributed by atoms with van der Waals surface area (Å²) in [6, 6.07) is 10.1. The Bertz CT molecular complexity index is 787. The SMILES string of the molecule is CCCOc1ncccc1CNC(=NC)NCc1ccc(C)cc1OCCOC.I. The van der Waals surface area contributed by atoms with E-state index in [4.69, 9.17) is 14.2 Å². The molecule has 1 aromatic heterocycles. The fourth-order valence-electron chi connectivity index (χ4n) is 2.64. The second-order valence-electron chi connectivity index (χ2n) is 6.55. The molecule has 0 saturated heterocycles. The molecule has 7 nitrogen and oxygen atoms in total. The van der Waals surface area contributed by atoms with Crippen LogP contribution in [0.5, 0.6) is 11.6 Å². The predicted octanol–water partition coefficient (Wildman–Crippen LogP) is 3.69. The predicted molar refractivity (Wildman–Crippen MR) is 131 cm³/mol. The molecular formula is C22H33IN4O3. The first-order chi connectivity index (χ1) is 14.2. The zero-order valence-corrected chi connectivity index (χ0v) is 20.6. The van der Waals surface area contributed by atoms with E-state index in [1.54, 1.807) is 20.4 Å². The lowest BCUT2D eigenvalue weighted by molar-refractivity contribution is 0.145. The Balaban J connectivity index is 0.00000450. The van der Waals surface area contributed by atoms with Crippen LogP contribution >= 0.6 is 24.0 Å². The van der Waals surface area contributed by atoms with Gasteiger partial charge < -0.3 is 24.8 Å². The fraction of sp³-hybridized carbons (Fsp3) is 0.455. The molecule has 0 radical (unpaired) electrons. The molecule has 0 spiro atoms. The first-order valence-electron chi connectivity index (χ1n) is 9.90. The summed E-state index contributed by atoms with van der Waals surface area (Å²) < 4.78 is 16.6. The van der Waals surface area contributed by atoms with Crippen molar-refractivity contribution in [3.63, 3.8) is 0 Å². The Morgan fingerprint density at radius 1 is 1.03 bits per heavy atom. The summed E-state index contributed by atoms with van der Waals surface area (Å²) in [5, 5.41) is 6.65. The quantitative estimate of drug-likeness (QED) is 0.201. The zero-order chi connectivity index (χ0) is 20.9. The summed E-state index contributed by atoms with van der Waals surface area (Å²) >= 11 is 0. The average molecular weight is 528 g/mol. The van der Waals surface area contributed by atoms with Gasteiger partial charge in [-0.25, -0.2) is 4.98 Å². The number of rotatable bonds is 11. The van der Waals surface area contributed by atoms with E-state index in [1.807, 2.05) is 25.1 Å². The van der Waals surface area contributed by atoms with E-state index in [0.29, 0.717) is 44.7 Å². The number of benzene rings is 1. The van der Waals surface area contributed by atoms with E-state index in [9.17, 15) is 0 Å². The van der Waals surface area contributed by atoms with Gasteiger partial charge in [0.2, 0.25) is 5.88 Å². The number of nitrogens with one attached hydrogen (secondary N) is 2. The van der Waals surface area contributed by atoms with Gasteiger partial charge in [0.05, 0.1) is 13.2 Å². The Hall–Kier alpha value is -2.07. The second-order valence-corrected chi connectivity index (χ2v) is 6.55. The maximum Gasteiger partial charge on any atom is 0.218 e. The van der Waals surface area contributed by atoms with Crippen LogP contribution in [-0.2, 0) is 17.8 Å². The van der Waals surface area contributed by atoms with E-state index >= 15 is 0 Å². The lowest BCUT2D eigenvalue weighted by Gasteiger charge is -2.16. The molecule has 166 valence electrons. The molecule has 30 heavy (non-hydrogen) atoms. The fourth-order valence-corrected chi connectivity index (χ4v) is 2.64. The molecule has 2 aromatic rings. The minimum Gasteiger partial charge on any atom is -0.491 e. The van der Waals surface area contributed by atoms with Gasteiger partial charge in [-0.3, -0.25) is 4.99 Å². The van der Waals surface area contributed by atoms with E-state index in [2.05, 4.69) is 39.7 Å². The lowest BCUT2D eigenvalue weighted by Crippen LogP contribution is -2.36. The number of pyridine rings is 1. The molecule has 0 fully saturated rings. The minimum atomic E-state index is 0. The van der Waals surface area contributed by atoms with Crippen molar-refractivity contribution in [1.29, 1.82) is 0 Å². The van der Waals surface area contributed by atoms with Crippen molar-refractivity contribution in [1.82, 2.24) is 15.6 Å². The molecule has 8 heteroatoms. The van der Waals surface area contributed by atoms with Crippen LogP contribution in [-0.4, -0.2) is 44.9 Å². The smallest absolute Gasteiger partial charge is 0.218 e. The molecule has 2 rings (SSSR count).